The van der Waals surface area contributed by atoms with Crippen LogP contribution in [0.2, 0.25) is 0 Å². The lowest BCUT2D eigenvalue weighted by atomic mass is 10.1. The fraction of sp³-hybridized carbons (Fsp3) is 0.235. The second-order valence-electron chi connectivity index (χ2n) is 4.95. The number of carbonyl (C=O) groups excluding carboxylic acids is 1. The van der Waals surface area contributed by atoms with Crippen molar-refractivity contribution < 1.29 is 19.4 Å². The highest BCUT2D eigenvalue weighted by molar-refractivity contribution is 5.69. The van der Waals surface area contributed by atoms with Crippen molar-refractivity contribution in [2.45, 2.75) is 25.5 Å². The Kier molecular flexibility index (Phi) is 6.11. The van der Waals surface area contributed by atoms with Crippen LogP contribution in [0.5, 0.6) is 0 Å². The van der Waals surface area contributed by atoms with E-state index in [0.717, 1.165) is 5.56 Å². The quantitative estimate of drug-likeness (QED) is 0.820. The van der Waals surface area contributed by atoms with E-state index in [-0.39, 0.29) is 19.4 Å². The predicted octanol–water partition coefficient (Wildman–Crippen LogP) is 2.91. The molecule has 2 rings (SSSR count). The molecular weight excluding hydrogens is 296 g/mol. The Balaban J connectivity index is 1.93. The zero-order chi connectivity index (χ0) is 16.5. The van der Waals surface area contributed by atoms with Gasteiger partial charge in [-0.25, -0.2) is 4.79 Å². The Morgan fingerprint density at radius 1 is 1.13 bits per heavy atom. The normalized spacial score (nSPS) is 11.5. The first kappa shape index (κ1) is 16.5. The zero-order valence-corrected chi connectivity index (χ0v) is 12.5. The SMILES string of the molecule is O=C(O)CCC(NC(=O)OCc1ccccc1)c1ccccn1. The second-order valence-corrected chi connectivity index (χ2v) is 4.95. The fourth-order valence-corrected chi connectivity index (χ4v) is 2.05. The van der Waals surface area contributed by atoms with Gasteiger partial charge in [0.15, 0.2) is 0 Å². The molecule has 0 aliphatic carbocycles. The van der Waals surface area contributed by atoms with Crippen LogP contribution >= 0.6 is 0 Å². The van der Waals surface area contributed by atoms with Crippen molar-refractivity contribution in [2.75, 3.05) is 0 Å². The monoisotopic (exact) mass is 314 g/mol. The van der Waals surface area contributed by atoms with E-state index in [1.54, 1.807) is 24.4 Å². The molecule has 0 saturated heterocycles. The molecule has 2 N–H and O–H groups in total. The van der Waals surface area contributed by atoms with E-state index in [1.807, 2.05) is 30.3 Å². The van der Waals surface area contributed by atoms with Crippen molar-refractivity contribution in [3.63, 3.8) is 0 Å². The number of alkyl carbamates (subject to hydrolysis) is 1. The third kappa shape index (κ3) is 5.78. The topological polar surface area (TPSA) is 88.5 Å². The summed E-state index contributed by atoms with van der Waals surface area (Å²) < 4.78 is 5.16. The van der Waals surface area contributed by atoms with E-state index in [1.165, 1.54) is 0 Å². The van der Waals surface area contributed by atoms with Crippen LogP contribution in [-0.2, 0) is 16.1 Å². The van der Waals surface area contributed by atoms with E-state index in [2.05, 4.69) is 10.3 Å². The minimum atomic E-state index is -0.926. The lowest BCUT2D eigenvalue weighted by Gasteiger charge is -2.17. The van der Waals surface area contributed by atoms with Crippen molar-refractivity contribution >= 4 is 12.1 Å². The third-order valence-corrected chi connectivity index (χ3v) is 3.20. The van der Waals surface area contributed by atoms with Gasteiger partial charge in [-0.15, -0.1) is 0 Å². The molecule has 0 aliphatic rings. The summed E-state index contributed by atoms with van der Waals surface area (Å²) in [5.74, 6) is -0.926. The molecular formula is C17H18N2O4. The maximum Gasteiger partial charge on any atom is 0.408 e. The van der Waals surface area contributed by atoms with Crippen molar-refractivity contribution in [2.24, 2.45) is 0 Å². The number of rotatable bonds is 7. The Bertz CT molecular complexity index is 632. The maximum absolute atomic E-state index is 11.9. The summed E-state index contributed by atoms with van der Waals surface area (Å²) in [6.45, 7) is 0.153. The number of ether oxygens (including phenoxy) is 1. The van der Waals surface area contributed by atoms with E-state index in [4.69, 9.17) is 9.84 Å². The number of benzene rings is 1. The molecule has 0 saturated carbocycles. The van der Waals surface area contributed by atoms with Crippen LogP contribution in [0.3, 0.4) is 0 Å². The van der Waals surface area contributed by atoms with E-state index in [9.17, 15) is 9.59 Å². The summed E-state index contributed by atoms with van der Waals surface area (Å²) >= 11 is 0. The summed E-state index contributed by atoms with van der Waals surface area (Å²) in [6.07, 6.45) is 1.17. The van der Waals surface area contributed by atoms with E-state index >= 15 is 0 Å². The minimum Gasteiger partial charge on any atom is -0.481 e. The highest BCUT2D eigenvalue weighted by atomic mass is 16.5. The average molecular weight is 314 g/mol. The molecule has 0 radical (unpaired) electrons. The van der Waals surface area contributed by atoms with Gasteiger partial charge in [-0.2, -0.15) is 0 Å². The van der Waals surface area contributed by atoms with Crippen LogP contribution in [0.4, 0.5) is 4.79 Å². The molecule has 120 valence electrons. The summed E-state index contributed by atoms with van der Waals surface area (Å²) in [7, 11) is 0. The molecule has 23 heavy (non-hydrogen) atoms. The first-order valence-corrected chi connectivity index (χ1v) is 7.25. The number of pyridine rings is 1. The highest BCUT2D eigenvalue weighted by Crippen LogP contribution is 2.16. The van der Waals surface area contributed by atoms with Crippen LogP contribution < -0.4 is 5.32 Å². The fourth-order valence-electron chi connectivity index (χ4n) is 2.05. The van der Waals surface area contributed by atoms with Crippen LogP contribution in [0.25, 0.3) is 0 Å². The number of aromatic nitrogens is 1. The predicted molar refractivity (Wildman–Crippen MR) is 83.6 cm³/mol. The van der Waals surface area contributed by atoms with Gasteiger partial charge in [-0.1, -0.05) is 36.4 Å². The second kappa shape index (κ2) is 8.53. The number of carboxylic acids is 1. The van der Waals surface area contributed by atoms with Gasteiger partial charge in [-0.3, -0.25) is 9.78 Å². The molecule has 1 unspecified atom stereocenters. The van der Waals surface area contributed by atoms with Crippen LogP contribution in [0.1, 0.15) is 30.1 Å². The number of hydrogen-bond donors (Lipinski definition) is 2. The molecule has 0 bridgehead atoms. The molecule has 1 aromatic carbocycles. The molecule has 0 aliphatic heterocycles. The minimum absolute atomic E-state index is 0.0692. The van der Waals surface area contributed by atoms with Gasteiger partial charge in [0.05, 0.1) is 11.7 Å². The van der Waals surface area contributed by atoms with Gasteiger partial charge in [0, 0.05) is 12.6 Å². The van der Waals surface area contributed by atoms with Gasteiger partial charge in [-0.05, 0) is 24.1 Å². The summed E-state index contributed by atoms with van der Waals surface area (Å²) in [5, 5.41) is 11.5. The molecule has 1 heterocycles. The number of amides is 1. The number of aliphatic carboxylic acids is 1. The standard InChI is InChI=1S/C17H18N2O4/c20-16(21)10-9-15(14-8-4-5-11-18-14)19-17(22)23-12-13-6-2-1-3-7-13/h1-8,11,15H,9-10,12H2,(H,19,22)(H,20,21). The van der Waals surface area contributed by atoms with Crippen LogP contribution in [0.15, 0.2) is 54.7 Å². The summed E-state index contributed by atoms with van der Waals surface area (Å²) in [5.41, 5.74) is 1.48. The smallest absolute Gasteiger partial charge is 0.408 e. The number of nitrogens with zero attached hydrogens (tertiary/aromatic N) is 1. The Labute approximate surface area is 134 Å². The van der Waals surface area contributed by atoms with Crippen LogP contribution in [-0.4, -0.2) is 22.2 Å². The van der Waals surface area contributed by atoms with Gasteiger partial charge in [0.1, 0.15) is 6.61 Å². The molecule has 6 nitrogen and oxygen atoms in total. The highest BCUT2D eigenvalue weighted by Gasteiger charge is 2.17. The first-order valence-electron chi connectivity index (χ1n) is 7.25. The molecule has 6 heteroatoms. The Morgan fingerprint density at radius 3 is 2.52 bits per heavy atom. The summed E-state index contributed by atoms with van der Waals surface area (Å²) in [6, 6.07) is 14.1. The molecule has 0 fully saturated rings. The Morgan fingerprint density at radius 2 is 1.87 bits per heavy atom. The van der Waals surface area contributed by atoms with Gasteiger partial charge < -0.3 is 15.2 Å². The lowest BCUT2D eigenvalue weighted by Crippen LogP contribution is -2.30. The van der Waals surface area contributed by atoms with Crippen LogP contribution in [0, 0.1) is 0 Å². The van der Waals surface area contributed by atoms with Gasteiger partial charge in [0.25, 0.3) is 0 Å². The van der Waals surface area contributed by atoms with E-state index in [0.29, 0.717) is 5.69 Å². The van der Waals surface area contributed by atoms with Crippen molar-refractivity contribution in [3.05, 3.63) is 66.0 Å². The molecule has 1 atom stereocenters. The molecule has 1 aromatic heterocycles. The van der Waals surface area contributed by atoms with Gasteiger partial charge >= 0.3 is 12.1 Å². The third-order valence-electron chi connectivity index (χ3n) is 3.20. The number of hydrogen-bond acceptors (Lipinski definition) is 4. The van der Waals surface area contributed by atoms with Crippen molar-refractivity contribution in [1.29, 1.82) is 0 Å². The van der Waals surface area contributed by atoms with E-state index < -0.39 is 18.1 Å². The summed E-state index contributed by atoms with van der Waals surface area (Å²) in [4.78, 5) is 26.9. The maximum atomic E-state index is 11.9. The molecule has 0 spiro atoms. The molecule has 1 amide bonds. The number of nitrogens with one attached hydrogen (secondary N) is 1. The molecule has 2 aromatic rings. The lowest BCUT2D eigenvalue weighted by molar-refractivity contribution is -0.137. The van der Waals surface area contributed by atoms with Crippen molar-refractivity contribution in [3.8, 4) is 0 Å². The van der Waals surface area contributed by atoms with Gasteiger partial charge in [0.2, 0.25) is 0 Å². The number of carboxylic acid groups (broad SMARTS) is 1. The zero-order valence-electron chi connectivity index (χ0n) is 12.5. The number of carbonyl (C=O) groups is 2. The average Bonchev–Trinajstić information content (AvgIpc) is 2.58. The Hall–Kier alpha value is -2.89. The first-order chi connectivity index (χ1) is 11.1. The van der Waals surface area contributed by atoms with Crippen molar-refractivity contribution in [1.82, 2.24) is 10.3 Å². The largest absolute Gasteiger partial charge is 0.481 e.